The molecular formula is C18H22N4O3S. The number of carbonyl (C=O) groups excluding carboxylic acids is 2. The lowest BCUT2D eigenvalue weighted by molar-refractivity contribution is -0.129. The van der Waals surface area contributed by atoms with Crippen LogP contribution < -0.4 is 15.4 Å². The Morgan fingerprint density at radius 1 is 1.31 bits per heavy atom. The second-order valence-electron chi connectivity index (χ2n) is 5.99. The minimum atomic E-state index is -0.269. The van der Waals surface area contributed by atoms with Crippen molar-refractivity contribution in [3.8, 4) is 5.75 Å². The quantitative estimate of drug-likeness (QED) is 0.778. The number of benzene rings is 1. The first kappa shape index (κ1) is 18.2. The fraction of sp³-hybridized carbons (Fsp3) is 0.389. The molecule has 1 saturated heterocycles. The molecule has 0 saturated carbocycles. The number of hydrogen-bond donors (Lipinski definition) is 2. The van der Waals surface area contributed by atoms with Crippen LogP contribution in [0.2, 0.25) is 0 Å². The summed E-state index contributed by atoms with van der Waals surface area (Å²) in [6.45, 7) is 1.99. The Morgan fingerprint density at radius 2 is 2.12 bits per heavy atom. The van der Waals surface area contributed by atoms with E-state index in [0.29, 0.717) is 23.8 Å². The monoisotopic (exact) mass is 374 g/mol. The summed E-state index contributed by atoms with van der Waals surface area (Å²) in [5.74, 6) is 0.572. The molecule has 2 amide bonds. The minimum absolute atomic E-state index is 0.0986. The molecule has 0 unspecified atom stereocenters. The maximum absolute atomic E-state index is 12.2. The van der Waals surface area contributed by atoms with E-state index in [1.165, 1.54) is 11.3 Å². The van der Waals surface area contributed by atoms with Crippen molar-refractivity contribution >= 4 is 34.0 Å². The molecule has 1 aliphatic heterocycles. The van der Waals surface area contributed by atoms with E-state index >= 15 is 0 Å². The van der Waals surface area contributed by atoms with E-state index in [4.69, 9.17) is 4.74 Å². The van der Waals surface area contributed by atoms with Crippen LogP contribution in [0, 0.1) is 0 Å². The third-order valence-electron chi connectivity index (χ3n) is 4.14. The largest absolute Gasteiger partial charge is 0.497 e. The highest BCUT2D eigenvalue weighted by Gasteiger charge is 2.18. The molecule has 1 aliphatic rings. The van der Waals surface area contributed by atoms with Gasteiger partial charge in [-0.2, -0.15) is 0 Å². The minimum Gasteiger partial charge on any atom is -0.497 e. The second-order valence-corrected chi connectivity index (χ2v) is 6.85. The maximum atomic E-state index is 12.2. The third-order valence-corrected chi connectivity index (χ3v) is 4.90. The lowest BCUT2D eigenvalue weighted by atomic mass is 10.3. The fourth-order valence-electron chi connectivity index (χ4n) is 2.76. The smallest absolute Gasteiger partial charge is 0.270 e. The summed E-state index contributed by atoms with van der Waals surface area (Å²) >= 11 is 1.35. The lowest BCUT2D eigenvalue weighted by Gasteiger charge is -2.14. The Balaban J connectivity index is 1.48. The van der Waals surface area contributed by atoms with Crippen LogP contribution in [0.5, 0.6) is 5.75 Å². The highest BCUT2D eigenvalue weighted by Crippen LogP contribution is 2.23. The van der Waals surface area contributed by atoms with Crippen molar-refractivity contribution in [1.82, 2.24) is 15.2 Å². The van der Waals surface area contributed by atoms with Crippen LogP contribution >= 0.6 is 11.3 Å². The molecule has 2 heterocycles. The number of nitrogens with one attached hydrogen (secondary N) is 2. The van der Waals surface area contributed by atoms with Gasteiger partial charge in [-0.3, -0.25) is 9.59 Å². The van der Waals surface area contributed by atoms with Crippen LogP contribution in [0.1, 0.15) is 29.8 Å². The molecule has 0 atom stereocenters. The van der Waals surface area contributed by atoms with Gasteiger partial charge in [-0.25, -0.2) is 4.98 Å². The van der Waals surface area contributed by atoms with E-state index in [9.17, 15) is 9.59 Å². The van der Waals surface area contributed by atoms with Crippen LogP contribution in [-0.2, 0) is 4.79 Å². The molecular weight excluding hydrogens is 352 g/mol. The number of ether oxygens (including phenoxy) is 1. The van der Waals surface area contributed by atoms with Gasteiger partial charge in [0.25, 0.3) is 5.91 Å². The summed E-state index contributed by atoms with van der Waals surface area (Å²) in [6.07, 6.45) is 2.46. The predicted molar refractivity (Wildman–Crippen MR) is 101 cm³/mol. The molecule has 0 bridgehead atoms. The number of hydrogen-bond acceptors (Lipinski definition) is 6. The van der Waals surface area contributed by atoms with Crippen LogP contribution in [-0.4, -0.2) is 48.4 Å². The molecule has 0 aliphatic carbocycles. The number of amides is 2. The standard InChI is InChI=1S/C18H22N4O3S/c1-25-14-6-4-5-13(11-14)20-18-21-15(12-26-18)17(24)19-8-7-16(23)22-9-2-3-10-22/h4-6,11-12H,2-3,7-10H2,1H3,(H,19,24)(H,20,21). The Bertz CT molecular complexity index is 771. The van der Waals surface area contributed by atoms with E-state index in [1.807, 2.05) is 29.2 Å². The molecule has 0 spiro atoms. The third kappa shape index (κ3) is 4.72. The molecule has 138 valence electrons. The van der Waals surface area contributed by atoms with E-state index in [-0.39, 0.29) is 11.8 Å². The average molecular weight is 374 g/mol. The van der Waals surface area contributed by atoms with Crippen molar-refractivity contribution in [3.05, 3.63) is 35.3 Å². The summed E-state index contributed by atoms with van der Waals surface area (Å²) in [6, 6.07) is 7.48. The summed E-state index contributed by atoms with van der Waals surface area (Å²) < 4.78 is 5.18. The van der Waals surface area contributed by atoms with Crippen molar-refractivity contribution in [2.24, 2.45) is 0 Å². The number of anilines is 2. The van der Waals surface area contributed by atoms with Crippen LogP contribution in [0.4, 0.5) is 10.8 Å². The van der Waals surface area contributed by atoms with E-state index in [0.717, 1.165) is 37.4 Å². The zero-order valence-electron chi connectivity index (χ0n) is 14.7. The highest BCUT2D eigenvalue weighted by atomic mass is 32.1. The molecule has 1 fully saturated rings. The van der Waals surface area contributed by atoms with Crippen LogP contribution in [0.25, 0.3) is 0 Å². The SMILES string of the molecule is COc1cccc(Nc2nc(C(=O)NCCC(=O)N3CCCC3)cs2)c1. The molecule has 3 rings (SSSR count). The van der Waals surface area contributed by atoms with Crippen LogP contribution in [0.15, 0.2) is 29.6 Å². The molecule has 1 aromatic carbocycles. The second kappa shape index (κ2) is 8.66. The van der Waals surface area contributed by atoms with Crippen molar-refractivity contribution in [1.29, 1.82) is 0 Å². The first-order chi connectivity index (χ1) is 12.7. The zero-order chi connectivity index (χ0) is 18.4. The maximum Gasteiger partial charge on any atom is 0.270 e. The van der Waals surface area contributed by atoms with Crippen molar-refractivity contribution in [2.45, 2.75) is 19.3 Å². The number of nitrogens with zero attached hydrogens (tertiary/aromatic N) is 2. The van der Waals surface area contributed by atoms with Gasteiger partial charge in [-0.15, -0.1) is 11.3 Å². The van der Waals surface area contributed by atoms with Gasteiger partial charge in [-0.1, -0.05) is 6.07 Å². The van der Waals surface area contributed by atoms with Gasteiger partial charge in [0, 0.05) is 43.2 Å². The number of thiazole rings is 1. The Labute approximate surface area is 156 Å². The molecule has 2 N–H and O–H groups in total. The van der Waals surface area contributed by atoms with Crippen molar-refractivity contribution < 1.29 is 14.3 Å². The Hall–Kier alpha value is -2.61. The molecule has 1 aromatic heterocycles. The zero-order valence-corrected chi connectivity index (χ0v) is 15.5. The number of methoxy groups -OCH3 is 1. The van der Waals surface area contributed by atoms with Gasteiger partial charge >= 0.3 is 0 Å². The highest BCUT2D eigenvalue weighted by molar-refractivity contribution is 7.14. The Kier molecular flexibility index (Phi) is 6.06. The van der Waals surface area contributed by atoms with Gasteiger partial charge in [0.2, 0.25) is 5.91 Å². The molecule has 8 heteroatoms. The summed E-state index contributed by atoms with van der Waals surface area (Å²) in [5, 5.41) is 8.23. The van der Waals surface area contributed by atoms with Gasteiger partial charge in [0.15, 0.2) is 5.13 Å². The molecule has 2 aromatic rings. The lowest BCUT2D eigenvalue weighted by Crippen LogP contribution is -2.32. The first-order valence-corrected chi connectivity index (χ1v) is 9.46. The van der Waals surface area contributed by atoms with Gasteiger partial charge < -0.3 is 20.3 Å². The molecule has 0 radical (unpaired) electrons. The first-order valence-electron chi connectivity index (χ1n) is 8.58. The summed E-state index contributed by atoms with van der Waals surface area (Å²) in [7, 11) is 1.61. The molecule has 26 heavy (non-hydrogen) atoms. The summed E-state index contributed by atoms with van der Waals surface area (Å²) in [4.78, 5) is 30.3. The van der Waals surface area contributed by atoms with Crippen molar-refractivity contribution in [2.75, 3.05) is 32.1 Å². The number of aromatic nitrogens is 1. The normalized spacial score (nSPS) is 13.5. The van der Waals surface area contributed by atoms with E-state index in [1.54, 1.807) is 12.5 Å². The average Bonchev–Trinajstić information content (AvgIpc) is 3.34. The van der Waals surface area contributed by atoms with Crippen LogP contribution in [0.3, 0.4) is 0 Å². The van der Waals surface area contributed by atoms with Gasteiger partial charge in [0.1, 0.15) is 11.4 Å². The number of rotatable bonds is 7. The summed E-state index contributed by atoms with van der Waals surface area (Å²) in [5.41, 5.74) is 1.18. The predicted octanol–water partition coefficient (Wildman–Crippen LogP) is 2.64. The van der Waals surface area contributed by atoms with E-state index < -0.39 is 0 Å². The van der Waals surface area contributed by atoms with Gasteiger partial charge in [-0.05, 0) is 25.0 Å². The topological polar surface area (TPSA) is 83.6 Å². The van der Waals surface area contributed by atoms with E-state index in [2.05, 4.69) is 15.6 Å². The van der Waals surface area contributed by atoms with Gasteiger partial charge in [0.05, 0.1) is 7.11 Å². The number of likely N-dealkylation sites (tertiary alicyclic amines) is 1. The van der Waals surface area contributed by atoms with Crippen molar-refractivity contribution in [3.63, 3.8) is 0 Å². The number of carbonyl (C=O) groups is 2. The fourth-order valence-corrected chi connectivity index (χ4v) is 3.47. The Morgan fingerprint density at radius 3 is 2.88 bits per heavy atom. The molecule has 7 nitrogen and oxygen atoms in total.